The SMILES string of the molecule is CSCC[C@H](N)C(=O)N[C@@H](Cc1ccccc1)C(=O)N[C@@H](Cc1ccc(O)cc1)C(=O)N[C@@H](CC(C)C)C(=O)N[C@H](C(=O)N[C@@H](CC(=O)O)C(=O)O)C(C)C. The quantitative estimate of drug-likeness (QED) is 0.0763. The lowest BCUT2D eigenvalue weighted by molar-refractivity contribution is -0.147. The highest BCUT2D eigenvalue weighted by Crippen LogP contribution is 2.14. The van der Waals surface area contributed by atoms with Crippen LogP contribution >= 0.6 is 11.8 Å². The molecule has 302 valence electrons. The van der Waals surface area contributed by atoms with Crippen LogP contribution in [0, 0.1) is 11.8 Å². The van der Waals surface area contributed by atoms with Gasteiger partial charge in [0.05, 0.1) is 12.5 Å². The first-order valence-electron chi connectivity index (χ1n) is 17.9. The Labute approximate surface area is 325 Å². The molecular weight excluding hydrogens is 733 g/mol. The molecule has 0 aliphatic carbocycles. The number of phenols is 1. The minimum Gasteiger partial charge on any atom is -0.508 e. The van der Waals surface area contributed by atoms with Crippen LogP contribution in [0.15, 0.2) is 54.6 Å². The smallest absolute Gasteiger partial charge is 0.326 e. The number of benzene rings is 2. The zero-order chi connectivity index (χ0) is 41.2. The summed E-state index contributed by atoms with van der Waals surface area (Å²) < 4.78 is 0. The molecule has 2 rings (SSSR count). The highest BCUT2D eigenvalue weighted by atomic mass is 32.2. The summed E-state index contributed by atoms with van der Waals surface area (Å²) >= 11 is 1.52. The predicted octanol–water partition coefficient (Wildman–Crippen LogP) is 0.943. The van der Waals surface area contributed by atoms with Crippen LogP contribution in [0.25, 0.3) is 0 Å². The van der Waals surface area contributed by atoms with Crippen LogP contribution in [0.2, 0.25) is 0 Å². The fraction of sp³-hybridized carbons (Fsp3) is 0.500. The topological polar surface area (TPSA) is 266 Å². The molecule has 0 bridgehead atoms. The van der Waals surface area contributed by atoms with Gasteiger partial charge in [0.1, 0.15) is 36.0 Å². The number of amides is 5. The first kappa shape index (κ1) is 46.0. The van der Waals surface area contributed by atoms with E-state index in [0.29, 0.717) is 17.7 Å². The summed E-state index contributed by atoms with van der Waals surface area (Å²) in [5, 5.41) is 41.2. The standard InChI is InChI=1S/C38H54N6O10S/c1-21(2)17-27(36(51)44-32(22(3)4)37(52)43-30(38(53)54)20-31(46)47)41-35(50)29(19-24-11-13-25(45)14-12-24)42-34(49)28(18-23-9-7-6-8-10-23)40-33(48)26(39)15-16-55-5/h6-14,21-22,26-30,32,45H,15-20,39H2,1-5H3,(H,40,48)(H,41,50)(H,42,49)(H,43,52)(H,44,51)(H,46,47)(H,53,54)/t26-,27-,28-,29-,30-,32-/m0/s1. The van der Waals surface area contributed by atoms with Gasteiger partial charge in [-0.1, -0.05) is 70.2 Å². The van der Waals surface area contributed by atoms with Gasteiger partial charge >= 0.3 is 11.9 Å². The molecule has 10 N–H and O–H groups in total. The number of aliphatic carboxylic acids is 2. The van der Waals surface area contributed by atoms with Crippen LogP contribution < -0.4 is 32.3 Å². The number of aromatic hydroxyl groups is 1. The zero-order valence-electron chi connectivity index (χ0n) is 31.7. The normalized spacial score (nSPS) is 14.4. The van der Waals surface area contributed by atoms with Crippen molar-refractivity contribution < 1.29 is 48.9 Å². The molecule has 0 heterocycles. The van der Waals surface area contributed by atoms with Crippen molar-refractivity contribution in [3.05, 3.63) is 65.7 Å². The van der Waals surface area contributed by atoms with Gasteiger partial charge in [0.2, 0.25) is 29.5 Å². The summed E-state index contributed by atoms with van der Waals surface area (Å²) in [6.45, 7) is 6.80. The summed E-state index contributed by atoms with van der Waals surface area (Å²) in [5.74, 6) is -6.84. The Morgan fingerprint density at radius 2 is 1.15 bits per heavy atom. The van der Waals surface area contributed by atoms with Gasteiger partial charge in [-0.25, -0.2) is 4.79 Å². The van der Waals surface area contributed by atoms with Gasteiger partial charge in [-0.3, -0.25) is 28.8 Å². The van der Waals surface area contributed by atoms with E-state index in [2.05, 4.69) is 26.6 Å². The molecule has 5 amide bonds. The number of rotatable bonds is 23. The molecule has 0 aromatic heterocycles. The van der Waals surface area contributed by atoms with Gasteiger partial charge in [-0.15, -0.1) is 0 Å². The van der Waals surface area contributed by atoms with Crippen molar-refractivity contribution in [1.82, 2.24) is 26.6 Å². The fourth-order valence-electron chi connectivity index (χ4n) is 5.46. The molecule has 0 saturated heterocycles. The summed E-state index contributed by atoms with van der Waals surface area (Å²) in [7, 11) is 0. The highest BCUT2D eigenvalue weighted by molar-refractivity contribution is 7.98. The number of carboxylic acid groups (broad SMARTS) is 2. The van der Waals surface area contributed by atoms with E-state index in [1.165, 1.54) is 23.9 Å². The van der Waals surface area contributed by atoms with Gasteiger partial charge in [-0.2, -0.15) is 11.8 Å². The second kappa shape index (κ2) is 22.9. The number of hydrogen-bond acceptors (Lipinski definition) is 10. The second-order valence-electron chi connectivity index (χ2n) is 14.0. The molecule has 2 aromatic rings. The van der Waals surface area contributed by atoms with Crippen molar-refractivity contribution in [2.45, 2.75) is 96.1 Å². The third-order valence-electron chi connectivity index (χ3n) is 8.47. The van der Waals surface area contributed by atoms with E-state index in [9.17, 15) is 43.8 Å². The first-order chi connectivity index (χ1) is 25.9. The van der Waals surface area contributed by atoms with Crippen LogP contribution in [0.5, 0.6) is 5.75 Å². The molecular formula is C38H54N6O10S. The lowest BCUT2D eigenvalue weighted by Crippen LogP contribution is -2.60. The Bertz CT molecular complexity index is 1610. The lowest BCUT2D eigenvalue weighted by atomic mass is 9.98. The molecule has 0 spiro atoms. The minimum absolute atomic E-state index is 0.0210. The van der Waals surface area contributed by atoms with E-state index in [-0.39, 0.29) is 30.9 Å². The average molecular weight is 787 g/mol. The molecule has 2 aromatic carbocycles. The summed E-state index contributed by atoms with van der Waals surface area (Å²) in [6, 6.07) is 7.31. The van der Waals surface area contributed by atoms with Crippen molar-refractivity contribution in [2.24, 2.45) is 17.6 Å². The van der Waals surface area contributed by atoms with Crippen molar-refractivity contribution in [3.63, 3.8) is 0 Å². The Balaban J connectivity index is 2.41. The number of carbonyl (C=O) groups excluding carboxylic acids is 5. The Kier molecular flexibility index (Phi) is 19.2. The molecule has 0 radical (unpaired) electrons. The minimum atomic E-state index is -1.75. The van der Waals surface area contributed by atoms with Crippen LogP contribution in [-0.2, 0) is 46.4 Å². The van der Waals surface area contributed by atoms with Crippen molar-refractivity contribution >= 4 is 53.2 Å². The van der Waals surface area contributed by atoms with Gasteiger partial charge in [0, 0.05) is 12.8 Å². The van der Waals surface area contributed by atoms with E-state index >= 15 is 0 Å². The fourth-order valence-corrected chi connectivity index (χ4v) is 5.95. The van der Waals surface area contributed by atoms with Crippen LogP contribution in [0.1, 0.15) is 58.1 Å². The van der Waals surface area contributed by atoms with Gasteiger partial charge < -0.3 is 47.6 Å². The predicted molar refractivity (Wildman–Crippen MR) is 207 cm³/mol. The number of thioether (sulfide) groups is 1. The van der Waals surface area contributed by atoms with Crippen molar-refractivity contribution in [2.75, 3.05) is 12.0 Å². The second-order valence-corrected chi connectivity index (χ2v) is 15.0. The monoisotopic (exact) mass is 786 g/mol. The summed E-state index contributed by atoms with van der Waals surface area (Å²) in [5.41, 5.74) is 7.39. The molecule has 0 fully saturated rings. The number of carboxylic acids is 2. The third kappa shape index (κ3) is 16.4. The van der Waals surface area contributed by atoms with Crippen molar-refractivity contribution in [1.29, 1.82) is 0 Å². The van der Waals surface area contributed by atoms with Gasteiger partial charge in [0.15, 0.2) is 0 Å². The number of nitrogens with two attached hydrogens (primary N) is 1. The third-order valence-corrected chi connectivity index (χ3v) is 9.12. The first-order valence-corrected chi connectivity index (χ1v) is 19.3. The van der Waals surface area contributed by atoms with Crippen LogP contribution in [0.4, 0.5) is 0 Å². The van der Waals surface area contributed by atoms with Crippen LogP contribution in [-0.4, -0.2) is 105 Å². The number of nitrogens with one attached hydrogen (secondary N) is 5. The largest absolute Gasteiger partial charge is 0.508 e. The maximum absolute atomic E-state index is 14.1. The Morgan fingerprint density at radius 1 is 0.655 bits per heavy atom. The summed E-state index contributed by atoms with van der Waals surface area (Å²) in [4.78, 5) is 90.8. The zero-order valence-corrected chi connectivity index (χ0v) is 32.6. The van der Waals surface area contributed by atoms with Gasteiger partial charge in [0.25, 0.3) is 0 Å². The number of carbonyl (C=O) groups is 7. The average Bonchev–Trinajstić information content (AvgIpc) is 3.12. The maximum Gasteiger partial charge on any atom is 0.326 e. The van der Waals surface area contributed by atoms with E-state index in [0.717, 1.165) is 5.56 Å². The van der Waals surface area contributed by atoms with E-state index in [1.807, 2.05) is 6.26 Å². The van der Waals surface area contributed by atoms with E-state index in [4.69, 9.17) is 10.8 Å². The van der Waals surface area contributed by atoms with Crippen molar-refractivity contribution in [3.8, 4) is 5.75 Å². The molecule has 55 heavy (non-hydrogen) atoms. The van der Waals surface area contributed by atoms with E-state index in [1.54, 1.807) is 70.2 Å². The molecule has 17 heteroatoms. The lowest BCUT2D eigenvalue weighted by Gasteiger charge is -2.29. The summed E-state index contributed by atoms with van der Waals surface area (Å²) in [6.07, 6.45) is 1.46. The maximum atomic E-state index is 14.1. The Morgan fingerprint density at radius 3 is 1.64 bits per heavy atom. The van der Waals surface area contributed by atoms with E-state index < -0.39 is 90.1 Å². The van der Waals surface area contributed by atoms with Gasteiger partial charge in [-0.05, 0) is 59.9 Å². The highest BCUT2D eigenvalue weighted by Gasteiger charge is 2.34. The molecule has 0 aliphatic heterocycles. The number of hydrogen-bond donors (Lipinski definition) is 9. The molecule has 0 unspecified atom stereocenters. The number of phenolic OH excluding ortho intramolecular Hbond substituents is 1. The molecule has 16 nitrogen and oxygen atoms in total. The Hall–Kier alpha value is -5.16. The molecule has 6 atom stereocenters. The van der Waals surface area contributed by atoms with Crippen LogP contribution in [0.3, 0.4) is 0 Å². The molecule has 0 aliphatic rings. The molecule has 0 saturated carbocycles.